The van der Waals surface area contributed by atoms with Crippen molar-refractivity contribution in [2.45, 2.75) is 5.41 Å². The molecule has 0 radical (unpaired) electrons. The molecule has 2 aliphatic carbocycles. The Morgan fingerprint density at radius 2 is 0.750 bits per heavy atom. The van der Waals surface area contributed by atoms with Crippen LogP contribution in [-0.2, 0) is 5.41 Å². The average molecular weight is 816 g/mol. The monoisotopic (exact) mass is 815 g/mol. The summed E-state index contributed by atoms with van der Waals surface area (Å²) in [6.45, 7) is 0. The van der Waals surface area contributed by atoms with Crippen LogP contribution in [0.25, 0.3) is 95.7 Å². The maximum atomic E-state index is 5.35. The summed E-state index contributed by atoms with van der Waals surface area (Å²) in [6.07, 6.45) is 2.08. The second-order valence-corrected chi connectivity index (χ2v) is 16.6. The Balaban J connectivity index is 1.01. The fourth-order valence-corrected chi connectivity index (χ4v) is 10.3. The zero-order chi connectivity index (χ0) is 42.2. The van der Waals surface area contributed by atoms with Crippen molar-refractivity contribution in [1.82, 2.24) is 24.3 Å². The van der Waals surface area contributed by atoms with Gasteiger partial charge in [-0.25, -0.2) is 19.9 Å². The zero-order valence-corrected chi connectivity index (χ0v) is 34.6. The molecule has 8 aromatic carbocycles. The van der Waals surface area contributed by atoms with Gasteiger partial charge < -0.3 is 0 Å². The van der Waals surface area contributed by atoms with Crippen LogP contribution < -0.4 is 0 Å². The van der Waals surface area contributed by atoms with E-state index in [2.05, 4.69) is 205 Å². The third-order valence-electron chi connectivity index (χ3n) is 13.1. The first-order valence-electron chi connectivity index (χ1n) is 21.7. The quantitative estimate of drug-likeness (QED) is 0.168. The van der Waals surface area contributed by atoms with Gasteiger partial charge in [0.25, 0.3) is 0 Å². The van der Waals surface area contributed by atoms with Gasteiger partial charge in [0.15, 0.2) is 17.5 Å². The number of aromatic nitrogens is 5. The van der Waals surface area contributed by atoms with Crippen molar-refractivity contribution < 1.29 is 0 Å². The van der Waals surface area contributed by atoms with Gasteiger partial charge in [-0.1, -0.05) is 194 Å². The summed E-state index contributed by atoms with van der Waals surface area (Å²) in [6, 6.07) is 77.5. The van der Waals surface area contributed by atoms with Gasteiger partial charge in [-0.3, -0.25) is 4.40 Å². The molecule has 0 fully saturated rings. The Labute approximate surface area is 370 Å². The molecule has 3 aromatic heterocycles. The molecule has 2 aliphatic rings. The summed E-state index contributed by atoms with van der Waals surface area (Å²) in [5, 5.41) is 0. The highest BCUT2D eigenvalue weighted by Crippen LogP contribution is 2.63. The predicted molar refractivity (Wildman–Crippen MR) is 257 cm³/mol. The molecular formula is C59H37N5. The topological polar surface area (TPSA) is 56.0 Å². The molecule has 0 aliphatic heterocycles. The van der Waals surface area contributed by atoms with E-state index in [4.69, 9.17) is 19.9 Å². The molecule has 0 atom stereocenters. The van der Waals surface area contributed by atoms with Crippen LogP contribution in [0.15, 0.2) is 225 Å². The van der Waals surface area contributed by atoms with Crippen molar-refractivity contribution in [2.24, 2.45) is 0 Å². The smallest absolute Gasteiger partial charge is 0.164 e. The Kier molecular flexibility index (Phi) is 8.06. The summed E-state index contributed by atoms with van der Waals surface area (Å²) < 4.78 is 2.16. The lowest BCUT2D eigenvalue weighted by atomic mass is 9.70. The molecule has 0 saturated carbocycles. The van der Waals surface area contributed by atoms with Crippen molar-refractivity contribution in [1.29, 1.82) is 0 Å². The van der Waals surface area contributed by atoms with Crippen LogP contribution in [0.4, 0.5) is 0 Å². The molecule has 3 heterocycles. The number of hydrogen-bond acceptors (Lipinski definition) is 4. The first kappa shape index (κ1) is 36.1. The third kappa shape index (κ3) is 5.44. The second-order valence-electron chi connectivity index (χ2n) is 16.6. The largest absolute Gasteiger partial charge is 0.299 e. The van der Waals surface area contributed by atoms with E-state index in [1.165, 1.54) is 44.5 Å². The van der Waals surface area contributed by atoms with Crippen molar-refractivity contribution >= 4 is 5.65 Å². The van der Waals surface area contributed by atoms with Crippen LogP contribution in [0.5, 0.6) is 0 Å². The lowest BCUT2D eigenvalue weighted by molar-refractivity contribution is 0.794. The number of rotatable bonds is 6. The van der Waals surface area contributed by atoms with Gasteiger partial charge in [0, 0.05) is 34.0 Å². The summed E-state index contributed by atoms with van der Waals surface area (Å²) in [4.78, 5) is 21.1. The van der Waals surface area contributed by atoms with Crippen LogP contribution in [0.2, 0.25) is 0 Å². The highest BCUT2D eigenvalue weighted by atomic mass is 15.0. The van der Waals surface area contributed by atoms with Crippen molar-refractivity contribution in [2.75, 3.05) is 0 Å². The number of nitrogens with zero attached hydrogens (tertiary/aromatic N) is 5. The molecule has 0 N–H and O–H groups in total. The molecule has 0 amide bonds. The molecule has 1 spiro atoms. The van der Waals surface area contributed by atoms with Crippen LogP contribution in [0.3, 0.4) is 0 Å². The molecule has 298 valence electrons. The zero-order valence-electron chi connectivity index (χ0n) is 34.6. The molecular weight excluding hydrogens is 779 g/mol. The van der Waals surface area contributed by atoms with Gasteiger partial charge in [-0.15, -0.1) is 0 Å². The summed E-state index contributed by atoms with van der Waals surface area (Å²) in [7, 11) is 0. The molecule has 64 heavy (non-hydrogen) atoms. The molecule has 5 heteroatoms. The highest BCUT2D eigenvalue weighted by Gasteiger charge is 2.51. The lowest BCUT2D eigenvalue weighted by Gasteiger charge is -2.30. The minimum atomic E-state index is -0.486. The van der Waals surface area contributed by atoms with Crippen molar-refractivity contribution in [3.8, 4) is 90.1 Å². The maximum Gasteiger partial charge on any atom is 0.164 e. The second kappa shape index (κ2) is 14.3. The Bertz CT molecular complexity index is 3550. The number of pyridine rings is 1. The Morgan fingerprint density at radius 3 is 1.39 bits per heavy atom. The van der Waals surface area contributed by atoms with E-state index in [1.54, 1.807) is 0 Å². The Hall–Kier alpha value is -8.54. The molecule has 0 unspecified atom stereocenters. The van der Waals surface area contributed by atoms with Crippen LogP contribution in [0, 0.1) is 0 Å². The van der Waals surface area contributed by atoms with Gasteiger partial charge in [0.05, 0.1) is 16.8 Å². The van der Waals surface area contributed by atoms with Gasteiger partial charge in [0.1, 0.15) is 5.65 Å². The number of hydrogen-bond donors (Lipinski definition) is 0. The van der Waals surface area contributed by atoms with Gasteiger partial charge in [-0.05, 0) is 79.9 Å². The molecule has 0 bridgehead atoms. The number of fused-ring (bicyclic) bond motifs is 11. The Morgan fingerprint density at radius 1 is 0.297 bits per heavy atom. The summed E-state index contributed by atoms with van der Waals surface area (Å²) in [5.74, 6) is 1.82. The first-order valence-corrected chi connectivity index (χ1v) is 21.7. The van der Waals surface area contributed by atoms with E-state index in [0.717, 1.165) is 56.0 Å². The molecule has 0 saturated heterocycles. The molecule has 5 nitrogen and oxygen atoms in total. The standard InChI is InChI=1S/C59H37N5/c1-3-16-38(17-4-1)39-29-31-41(32-30-39)56-61-57(43-21-15-20-42(36-43)54-55(40-18-5-2-6-19-40)64-35-14-13-28-53(64)60-54)63-58(62-56)44-33-34-48-47-24-9-12-27-51(47)59(52(48)37-44)49-25-10-7-22-45(49)46-23-8-11-26-50(46)59/h1-37H. The molecule has 11 aromatic rings. The van der Waals surface area contributed by atoms with Crippen LogP contribution in [-0.4, -0.2) is 24.3 Å². The van der Waals surface area contributed by atoms with E-state index in [-0.39, 0.29) is 0 Å². The van der Waals surface area contributed by atoms with Gasteiger partial charge >= 0.3 is 0 Å². The maximum absolute atomic E-state index is 5.35. The fourth-order valence-electron chi connectivity index (χ4n) is 10.3. The van der Waals surface area contributed by atoms with E-state index in [0.29, 0.717) is 17.5 Å². The first-order chi connectivity index (χ1) is 31.7. The summed E-state index contributed by atoms with van der Waals surface area (Å²) in [5.41, 5.74) is 19.6. The van der Waals surface area contributed by atoms with Gasteiger partial charge in [0.2, 0.25) is 0 Å². The summed E-state index contributed by atoms with van der Waals surface area (Å²) >= 11 is 0. The van der Waals surface area contributed by atoms with Crippen LogP contribution >= 0.6 is 0 Å². The fraction of sp³-hybridized carbons (Fsp3) is 0.0169. The number of benzene rings is 8. The van der Waals surface area contributed by atoms with Crippen LogP contribution in [0.1, 0.15) is 22.3 Å². The van der Waals surface area contributed by atoms with E-state index in [9.17, 15) is 0 Å². The van der Waals surface area contributed by atoms with E-state index >= 15 is 0 Å². The lowest BCUT2D eigenvalue weighted by Crippen LogP contribution is -2.25. The number of imidazole rings is 1. The van der Waals surface area contributed by atoms with Crippen molar-refractivity contribution in [3.63, 3.8) is 0 Å². The normalized spacial score (nSPS) is 12.8. The highest BCUT2D eigenvalue weighted by molar-refractivity contribution is 5.96. The van der Waals surface area contributed by atoms with E-state index in [1.807, 2.05) is 24.3 Å². The van der Waals surface area contributed by atoms with Crippen molar-refractivity contribution in [3.05, 3.63) is 247 Å². The molecule has 13 rings (SSSR count). The SMILES string of the molecule is c1ccc(-c2ccc(-c3nc(-c4cccc(-c5nc6ccccn6c5-c5ccccc5)c4)nc(-c4ccc5c(c4)C4(c6ccccc6-c6ccccc64)c4ccccc4-5)n3)cc2)cc1. The van der Waals surface area contributed by atoms with E-state index < -0.39 is 5.41 Å². The predicted octanol–water partition coefficient (Wildman–Crippen LogP) is 13.9. The third-order valence-corrected chi connectivity index (χ3v) is 13.1. The minimum Gasteiger partial charge on any atom is -0.299 e. The minimum absolute atomic E-state index is 0.486. The average Bonchev–Trinajstić information content (AvgIpc) is 4.01. The van der Waals surface area contributed by atoms with Gasteiger partial charge in [-0.2, -0.15) is 0 Å².